The molecule has 1 aliphatic heterocycles. The first-order valence-corrected chi connectivity index (χ1v) is 6.02. The van der Waals surface area contributed by atoms with Crippen LogP contribution in [0.25, 0.3) is 0 Å². The summed E-state index contributed by atoms with van der Waals surface area (Å²) < 4.78 is 18.5. The van der Waals surface area contributed by atoms with Gasteiger partial charge >= 0.3 is 6.09 Å². The van der Waals surface area contributed by atoms with Crippen molar-refractivity contribution in [1.29, 1.82) is 0 Å². The topological polar surface area (TPSA) is 55.6 Å². The molecule has 4 nitrogen and oxygen atoms in total. The number of carbonyl (C=O) groups is 1. The SMILES string of the molecule is N[C@H]1CCN(C(=O)OCc2ccccc2)C[C@@H]1F. The molecule has 0 unspecified atom stereocenters. The largest absolute Gasteiger partial charge is 0.445 e. The number of hydrogen-bond donors (Lipinski definition) is 1. The second kappa shape index (κ2) is 5.82. The number of amides is 1. The Balaban J connectivity index is 1.82. The van der Waals surface area contributed by atoms with E-state index in [-0.39, 0.29) is 13.2 Å². The first kappa shape index (κ1) is 12.8. The van der Waals surface area contributed by atoms with E-state index in [0.717, 1.165) is 5.56 Å². The number of nitrogens with zero attached hydrogens (tertiary/aromatic N) is 1. The van der Waals surface area contributed by atoms with Crippen molar-refractivity contribution in [1.82, 2.24) is 4.90 Å². The fourth-order valence-electron chi connectivity index (χ4n) is 1.90. The van der Waals surface area contributed by atoms with Gasteiger partial charge in [0.2, 0.25) is 0 Å². The van der Waals surface area contributed by atoms with Gasteiger partial charge in [-0.3, -0.25) is 0 Å². The molecule has 2 N–H and O–H groups in total. The summed E-state index contributed by atoms with van der Waals surface area (Å²) in [5.74, 6) is 0. The summed E-state index contributed by atoms with van der Waals surface area (Å²) in [6.45, 7) is 0.684. The zero-order valence-corrected chi connectivity index (χ0v) is 10.1. The number of benzene rings is 1. The van der Waals surface area contributed by atoms with Gasteiger partial charge in [0.15, 0.2) is 0 Å². The van der Waals surface area contributed by atoms with E-state index in [1.807, 2.05) is 30.3 Å². The molecule has 0 aliphatic carbocycles. The fraction of sp³-hybridized carbons (Fsp3) is 0.462. The maximum absolute atomic E-state index is 13.4. The van der Waals surface area contributed by atoms with Crippen LogP contribution in [0, 0.1) is 0 Å². The molecule has 0 bridgehead atoms. The highest BCUT2D eigenvalue weighted by Crippen LogP contribution is 2.14. The van der Waals surface area contributed by atoms with E-state index in [2.05, 4.69) is 0 Å². The van der Waals surface area contributed by atoms with Crippen molar-refractivity contribution in [3.8, 4) is 0 Å². The van der Waals surface area contributed by atoms with E-state index in [9.17, 15) is 9.18 Å². The Morgan fingerprint density at radius 2 is 2.17 bits per heavy atom. The summed E-state index contributed by atoms with van der Waals surface area (Å²) in [5, 5.41) is 0. The minimum absolute atomic E-state index is 0.0226. The second-order valence-corrected chi connectivity index (χ2v) is 4.45. The van der Waals surface area contributed by atoms with Crippen molar-refractivity contribution < 1.29 is 13.9 Å². The number of nitrogens with two attached hydrogens (primary N) is 1. The van der Waals surface area contributed by atoms with E-state index in [1.54, 1.807) is 0 Å². The zero-order valence-electron chi connectivity index (χ0n) is 10.1. The summed E-state index contributed by atoms with van der Waals surface area (Å²) in [7, 11) is 0. The van der Waals surface area contributed by atoms with Gasteiger partial charge in [-0.2, -0.15) is 0 Å². The van der Waals surface area contributed by atoms with Crippen LogP contribution in [-0.4, -0.2) is 36.3 Å². The Morgan fingerprint density at radius 3 is 2.83 bits per heavy atom. The van der Waals surface area contributed by atoms with E-state index in [4.69, 9.17) is 10.5 Å². The maximum atomic E-state index is 13.4. The molecule has 1 heterocycles. The smallest absolute Gasteiger partial charge is 0.410 e. The fourth-order valence-corrected chi connectivity index (χ4v) is 1.90. The third-order valence-electron chi connectivity index (χ3n) is 3.06. The standard InChI is InChI=1S/C13H17FN2O2/c14-11-8-16(7-6-12(11)15)13(17)18-9-10-4-2-1-3-5-10/h1-5,11-12H,6-9,15H2/t11-,12-/m0/s1. The van der Waals surface area contributed by atoms with Crippen LogP contribution >= 0.6 is 0 Å². The highest BCUT2D eigenvalue weighted by Gasteiger charge is 2.29. The van der Waals surface area contributed by atoms with Gasteiger partial charge in [-0.25, -0.2) is 9.18 Å². The summed E-state index contributed by atoms with van der Waals surface area (Å²) in [6, 6.07) is 8.92. The lowest BCUT2D eigenvalue weighted by atomic mass is 10.1. The van der Waals surface area contributed by atoms with Crippen molar-refractivity contribution in [2.45, 2.75) is 25.2 Å². The molecule has 5 heteroatoms. The Hall–Kier alpha value is -1.62. The molecule has 0 aromatic heterocycles. The lowest BCUT2D eigenvalue weighted by molar-refractivity contribution is 0.0660. The van der Waals surface area contributed by atoms with Gasteiger partial charge in [-0.15, -0.1) is 0 Å². The summed E-state index contributed by atoms with van der Waals surface area (Å²) in [5.41, 5.74) is 6.47. The molecule has 1 aromatic rings. The van der Waals surface area contributed by atoms with Gasteiger partial charge in [0.25, 0.3) is 0 Å². The quantitative estimate of drug-likeness (QED) is 0.871. The highest BCUT2D eigenvalue weighted by molar-refractivity contribution is 5.67. The predicted octanol–water partition coefficient (Wildman–Crippen LogP) is 1.69. The van der Waals surface area contributed by atoms with Gasteiger partial charge in [-0.05, 0) is 12.0 Å². The van der Waals surface area contributed by atoms with Crippen LogP contribution in [-0.2, 0) is 11.3 Å². The number of likely N-dealkylation sites (tertiary alicyclic amines) is 1. The van der Waals surface area contributed by atoms with Crippen LogP contribution in [0.1, 0.15) is 12.0 Å². The lowest BCUT2D eigenvalue weighted by Crippen LogP contribution is -2.50. The number of hydrogen-bond acceptors (Lipinski definition) is 3. The molecule has 1 amide bonds. The highest BCUT2D eigenvalue weighted by atomic mass is 19.1. The molecular weight excluding hydrogens is 235 g/mol. The number of ether oxygens (including phenoxy) is 1. The molecule has 1 saturated heterocycles. The predicted molar refractivity (Wildman–Crippen MR) is 65.7 cm³/mol. The van der Waals surface area contributed by atoms with Crippen LogP contribution in [0.5, 0.6) is 0 Å². The minimum Gasteiger partial charge on any atom is -0.445 e. The summed E-state index contributed by atoms with van der Waals surface area (Å²) >= 11 is 0. The van der Waals surface area contributed by atoms with Gasteiger partial charge < -0.3 is 15.4 Å². The molecule has 1 aliphatic rings. The van der Waals surface area contributed by atoms with E-state index < -0.39 is 18.3 Å². The number of rotatable bonds is 2. The molecule has 0 saturated carbocycles. The van der Waals surface area contributed by atoms with Crippen LogP contribution in [0.4, 0.5) is 9.18 Å². The number of carbonyl (C=O) groups excluding carboxylic acids is 1. The molecule has 1 aromatic carbocycles. The Morgan fingerprint density at radius 1 is 1.44 bits per heavy atom. The van der Waals surface area contributed by atoms with Crippen molar-refractivity contribution in [2.75, 3.05) is 13.1 Å². The third kappa shape index (κ3) is 3.20. The van der Waals surface area contributed by atoms with Crippen molar-refractivity contribution >= 4 is 6.09 Å². The molecular formula is C13H17FN2O2. The second-order valence-electron chi connectivity index (χ2n) is 4.45. The average Bonchev–Trinajstić information content (AvgIpc) is 2.40. The minimum atomic E-state index is -1.16. The molecule has 1 fully saturated rings. The molecule has 2 atom stereocenters. The van der Waals surface area contributed by atoms with Crippen LogP contribution in [0.15, 0.2) is 30.3 Å². The molecule has 2 rings (SSSR count). The first-order valence-electron chi connectivity index (χ1n) is 6.02. The van der Waals surface area contributed by atoms with Gasteiger partial charge in [-0.1, -0.05) is 30.3 Å². The van der Waals surface area contributed by atoms with Crippen molar-refractivity contribution in [3.05, 3.63) is 35.9 Å². The summed E-state index contributed by atoms with van der Waals surface area (Å²) in [6.07, 6.45) is -1.17. The van der Waals surface area contributed by atoms with E-state index in [1.165, 1.54) is 4.90 Å². The average molecular weight is 252 g/mol. The normalized spacial score (nSPS) is 23.8. The monoisotopic (exact) mass is 252 g/mol. The van der Waals surface area contributed by atoms with Gasteiger partial charge in [0, 0.05) is 12.6 Å². The zero-order chi connectivity index (χ0) is 13.0. The Labute approximate surface area is 106 Å². The third-order valence-corrected chi connectivity index (χ3v) is 3.06. The number of piperidine rings is 1. The van der Waals surface area contributed by atoms with E-state index >= 15 is 0 Å². The lowest BCUT2D eigenvalue weighted by Gasteiger charge is -2.32. The van der Waals surface area contributed by atoms with E-state index in [0.29, 0.717) is 13.0 Å². The van der Waals surface area contributed by atoms with Crippen molar-refractivity contribution in [3.63, 3.8) is 0 Å². The molecule has 18 heavy (non-hydrogen) atoms. The van der Waals surface area contributed by atoms with Gasteiger partial charge in [0.05, 0.1) is 6.54 Å². The maximum Gasteiger partial charge on any atom is 0.410 e. The Kier molecular flexibility index (Phi) is 4.15. The van der Waals surface area contributed by atoms with Crippen molar-refractivity contribution in [2.24, 2.45) is 5.73 Å². The van der Waals surface area contributed by atoms with Gasteiger partial charge in [0.1, 0.15) is 12.8 Å². The number of alkyl halides is 1. The number of halogens is 1. The first-order chi connectivity index (χ1) is 8.66. The molecule has 0 radical (unpaired) electrons. The molecule has 0 spiro atoms. The summed E-state index contributed by atoms with van der Waals surface area (Å²) in [4.78, 5) is 13.1. The van der Waals surface area contributed by atoms with Crippen LogP contribution < -0.4 is 5.73 Å². The van der Waals surface area contributed by atoms with Crippen LogP contribution in [0.3, 0.4) is 0 Å². The Bertz CT molecular complexity index is 399. The molecule has 98 valence electrons. The van der Waals surface area contributed by atoms with Crippen LogP contribution in [0.2, 0.25) is 0 Å².